The van der Waals surface area contributed by atoms with Gasteiger partial charge in [0.05, 0.1) is 11.4 Å². The topological polar surface area (TPSA) is 75.3 Å². The molecule has 2 rings (SSSR count). The monoisotopic (exact) mass is 412 g/mol. The number of sulfonamides is 1. The van der Waals surface area contributed by atoms with Gasteiger partial charge in [0.1, 0.15) is 0 Å². The Kier molecular flexibility index (Phi) is 6.69. The van der Waals surface area contributed by atoms with Gasteiger partial charge in [-0.2, -0.15) is 0 Å². The molecule has 0 fully saturated rings. The van der Waals surface area contributed by atoms with Crippen molar-refractivity contribution in [3.8, 4) is 0 Å². The Morgan fingerprint density at radius 3 is 2.54 bits per heavy atom. The van der Waals surface area contributed by atoms with Crippen molar-refractivity contribution < 1.29 is 13.2 Å². The van der Waals surface area contributed by atoms with E-state index in [2.05, 4.69) is 10.0 Å². The first-order valence-corrected chi connectivity index (χ1v) is 10.2. The molecule has 26 heavy (non-hydrogen) atoms. The molecule has 0 saturated carbocycles. The van der Waals surface area contributed by atoms with Crippen molar-refractivity contribution in [1.29, 1.82) is 0 Å². The van der Waals surface area contributed by atoms with Crippen LogP contribution in [-0.4, -0.2) is 20.1 Å². The minimum absolute atomic E-state index is 0.0121. The molecule has 0 heterocycles. The number of benzene rings is 2. The standard InChI is InChI=1S/C18H18Cl2N2O3S/c1-3-26(24,25)22-17-8-6-15(10-12(17)2)21-18(23)9-4-13-11-14(19)5-7-16(13)20/h4-11,22H,3H2,1-2H3,(H,21,23). The third-order valence-corrected chi connectivity index (χ3v) is 5.38. The second-order valence-corrected chi connectivity index (χ2v) is 8.38. The summed E-state index contributed by atoms with van der Waals surface area (Å²) in [6.45, 7) is 3.31. The van der Waals surface area contributed by atoms with Crippen molar-refractivity contribution in [2.24, 2.45) is 0 Å². The first-order valence-electron chi connectivity index (χ1n) is 7.75. The van der Waals surface area contributed by atoms with Gasteiger partial charge in [-0.3, -0.25) is 9.52 Å². The van der Waals surface area contributed by atoms with E-state index in [0.29, 0.717) is 32.5 Å². The number of aryl methyl sites for hydroxylation is 1. The molecule has 0 aromatic heterocycles. The number of hydrogen-bond donors (Lipinski definition) is 2. The predicted octanol–water partition coefficient (Wildman–Crippen LogP) is 4.72. The summed E-state index contributed by atoms with van der Waals surface area (Å²) in [7, 11) is -3.35. The normalized spacial score (nSPS) is 11.5. The Morgan fingerprint density at radius 2 is 1.88 bits per heavy atom. The maximum atomic E-state index is 12.1. The van der Waals surface area contributed by atoms with E-state index in [-0.39, 0.29) is 11.7 Å². The summed E-state index contributed by atoms with van der Waals surface area (Å²) in [5.74, 6) is -0.357. The molecule has 0 saturated heterocycles. The Bertz CT molecular complexity index is 957. The van der Waals surface area contributed by atoms with Crippen LogP contribution in [0.3, 0.4) is 0 Å². The summed E-state index contributed by atoms with van der Waals surface area (Å²) in [5.41, 5.74) is 2.36. The molecule has 0 atom stereocenters. The molecule has 0 spiro atoms. The second-order valence-electron chi connectivity index (χ2n) is 5.52. The number of rotatable bonds is 6. The average molecular weight is 413 g/mol. The van der Waals surface area contributed by atoms with Gasteiger partial charge in [0.15, 0.2) is 0 Å². The van der Waals surface area contributed by atoms with Crippen LogP contribution in [0.1, 0.15) is 18.1 Å². The Balaban J connectivity index is 2.08. The largest absolute Gasteiger partial charge is 0.323 e. The summed E-state index contributed by atoms with van der Waals surface area (Å²) < 4.78 is 25.8. The zero-order valence-corrected chi connectivity index (χ0v) is 16.5. The molecule has 2 aromatic rings. The van der Waals surface area contributed by atoms with Crippen LogP contribution >= 0.6 is 23.2 Å². The van der Waals surface area contributed by atoms with Crippen molar-refractivity contribution in [2.75, 3.05) is 15.8 Å². The highest BCUT2D eigenvalue weighted by atomic mass is 35.5. The highest BCUT2D eigenvalue weighted by Gasteiger charge is 2.09. The van der Waals surface area contributed by atoms with Crippen LogP contribution in [0.5, 0.6) is 0 Å². The summed E-state index contributed by atoms with van der Waals surface area (Å²) in [6.07, 6.45) is 2.92. The van der Waals surface area contributed by atoms with E-state index in [1.54, 1.807) is 56.3 Å². The van der Waals surface area contributed by atoms with Crippen LogP contribution in [0, 0.1) is 6.92 Å². The highest BCUT2D eigenvalue weighted by molar-refractivity contribution is 7.92. The zero-order chi connectivity index (χ0) is 19.3. The van der Waals surface area contributed by atoms with E-state index in [9.17, 15) is 13.2 Å². The maximum absolute atomic E-state index is 12.1. The third-order valence-electron chi connectivity index (χ3n) is 3.51. The van der Waals surface area contributed by atoms with Crippen LogP contribution in [0.2, 0.25) is 10.0 Å². The molecule has 0 unspecified atom stereocenters. The molecule has 1 amide bonds. The number of anilines is 2. The lowest BCUT2D eigenvalue weighted by Gasteiger charge is -2.11. The van der Waals surface area contributed by atoms with E-state index in [1.807, 2.05) is 0 Å². The van der Waals surface area contributed by atoms with Gasteiger partial charge in [0.25, 0.3) is 0 Å². The Labute approximate surface area is 163 Å². The van der Waals surface area contributed by atoms with Gasteiger partial charge in [0.2, 0.25) is 15.9 Å². The van der Waals surface area contributed by atoms with Gasteiger partial charge >= 0.3 is 0 Å². The van der Waals surface area contributed by atoms with E-state index >= 15 is 0 Å². The molecule has 2 aromatic carbocycles. The summed E-state index contributed by atoms with van der Waals surface area (Å²) in [4.78, 5) is 12.1. The average Bonchev–Trinajstić information content (AvgIpc) is 2.58. The second kappa shape index (κ2) is 8.58. The molecule has 8 heteroatoms. The van der Waals surface area contributed by atoms with Crippen LogP contribution < -0.4 is 10.0 Å². The molecule has 2 N–H and O–H groups in total. The number of carbonyl (C=O) groups excluding carboxylic acids is 1. The molecule has 0 aliphatic heterocycles. The lowest BCUT2D eigenvalue weighted by atomic mass is 10.2. The van der Waals surface area contributed by atoms with Crippen molar-refractivity contribution >= 4 is 56.6 Å². The number of nitrogens with one attached hydrogen (secondary N) is 2. The van der Waals surface area contributed by atoms with E-state index in [1.165, 1.54) is 6.08 Å². The Morgan fingerprint density at radius 1 is 1.15 bits per heavy atom. The molecule has 138 valence electrons. The molecular weight excluding hydrogens is 395 g/mol. The molecular formula is C18H18Cl2N2O3S. The molecule has 0 aliphatic rings. The smallest absolute Gasteiger partial charge is 0.248 e. The minimum atomic E-state index is -3.35. The summed E-state index contributed by atoms with van der Waals surface area (Å²) in [5, 5.41) is 3.72. The third kappa shape index (κ3) is 5.76. The highest BCUT2D eigenvalue weighted by Crippen LogP contribution is 2.23. The minimum Gasteiger partial charge on any atom is -0.323 e. The van der Waals surface area contributed by atoms with Crippen molar-refractivity contribution in [1.82, 2.24) is 0 Å². The van der Waals surface area contributed by atoms with Gasteiger partial charge in [0, 0.05) is 21.8 Å². The van der Waals surface area contributed by atoms with Crippen LogP contribution in [0.15, 0.2) is 42.5 Å². The number of amides is 1. The summed E-state index contributed by atoms with van der Waals surface area (Å²) in [6, 6.07) is 9.89. The van der Waals surface area contributed by atoms with Gasteiger partial charge in [-0.05, 0) is 67.4 Å². The molecule has 5 nitrogen and oxygen atoms in total. The van der Waals surface area contributed by atoms with Gasteiger partial charge < -0.3 is 5.32 Å². The first kappa shape index (κ1) is 20.3. The number of halogens is 2. The first-order chi connectivity index (χ1) is 12.2. The fourth-order valence-corrected chi connectivity index (χ4v) is 3.16. The number of carbonyl (C=O) groups is 1. The SMILES string of the molecule is CCS(=O)(=O)Nc1ccc(NC(=O)C=Cc2cc(Cl)ccc2Cl)cc1C. The number of hydrogen-bond acceptors (Lipinski definition) is 3. The van der Waals surface area contributed by atoms with Crippen LogP contribution in [0.25, 0.3) is 6.08 Å². The maximum Gasteiger partial charge on any atom is 0.248 e. The van der Waals surface area contributed by atoms with Crippen molar-refractivity contribution in [3.05, 3.63) is 63.6 Å². The van der Waals surface area contributed by atoms with E-state index in [4.69, 9.17) is 23.2 Å². The lowest BCUT2D eigenvalue weighted by molar-refractivity contribution is -0.111. The van der Waals surface area contributed by atoms with Gasteiger partial charge in [-0.15, -0.1) is 0 Å². The predicted molar refractivity (Wildman–Crippen MR) is 108 cm³/mol. The van der Waals surface area contributed by atoms with Crippen molar-refractivity contribution in [2.45, 2.75) is 13.8 Å². The molecule has 0 bridgehead atoms. The zero-order valence-electron chi connectivity index (χ0n) is 14.2. The van der Waals surface area contributed by atoms with Crippen LogP contribution in [0.4, 0.5) is 11.4 Å². The van der Waals surface area contributed by atoms with Gasteiger partial charge in [-0.1, -0.05) is 23.2 Å². The quantitative estimate of drug-likeness (QED) is 0.674. The molecule has 0 radical (unpaired) electrons. The van der Waals surface area contributed by atoms with Gasteiger partial charge in [-0.25, -0.2) is 8.42 Å². The summed E-state index contributed by atoms with van der Waals surface area (Å²) >= 11 is 12.0. The van der Waals surface area contributed by atoms with E-state index < -0.39 is 10.0 Å². The lowest BCUT2D eigenvalue weighted by Crippen LogP contribution is -2.15. The fourth-order valence-electron chi connectivity index (χ4n) is 2.09. The fraction of sp³-hybridized carbons (Fsp3) is 0.167. The van der Waals surface area contributed by atoms with E-state index in [0.717, 1.165) is 0 Å². The molecule has 0 aliphatic carbocycles. The van der Waals surface area contributed by atoms with Crippen LogP contribution in [-0.2, 0) is 14.8 Å². The Hall–Kier alpha value is -2.02. The van der Waals surface area contributed by atoms with Crippen molar-refractivity contribution in [3.63, 3.8) is 0 Å².